The summed E-state index contributed by atoms with van der Waals surface area (Å²) in [5.74, 6) is 0.0929. The van der Waals surface area contributed by atoms with E-state index in [1.165, 1.54) is 15.6 Å². The lowest BCUT2D eigenvalue weighted by Gasteiger charge is -2.14. The molecule has 0 aromatic carbocycles. The topological polar surface area (TPSA) is 57.6 Å². The highest BCUT2D eigenvalue weighted by Crippen LogP contribution is 2.28. The minimum Gasteiger partial charge on any atom is -0.396 e. The molecule has 0 radical (unpaired) electrons. The van der Waals surface area contributed by atoms with Gasteiger partial charge in [-0.05, 0) is 30.9 Å². The molecule has 0 aliphatic carbocycles. The van der Waals surface area contributed by atoms with Crippen molar-refractivity contribution >= 4 is 21.4 Å². The Morgan fingerprint density at radius 2 is 2.29 bits per heavy atom. The van der Waals surface area contributed by atoms with Crippen LogP contribution in [0.3, 0.4) is 0 Å². The van der Waals surface area contributed by atoms with Gasteiger partial charge in [-0.1, -0.05) is 6.92 Å². The molecule has 2 rings (SSSR count). The van der Waals surface area contributed by atoms with Crippen LogP contribution < -0.4 is 0 Å². The Kier molecular flexibility index (Phi) is 3.87. The molecule has 1 aromatic rings. The smallest absolute Gasteiger partial charge is 0.252 e. The van der Waals surface area contributed by atoms with Crippen LogP contribution in [0.15, 0.2) is 16.3 Å². The standard InChI is InChI=1S/C11H17NO3S2/c1-2-10-3-4-11(16-10)17(14,15)12-6-5-9(7-12)8-13/h3-4,9,13H,2,5-8H2,1H3/t9-/m0/s1. The molecule has 1 fully saturated rings. The molecule has 0 amide bonds. The molecule has 0 saturated carbocycles. The first-order chi connectivity index (χ1) is 8.07. The van der Waals surface area contributed by atoms with Gasteiger partial charge in [0.15, 0.2) is 0 Å². The molecule has 1 aromatic heterocycles. The molecular weight excluding hydrogens is 258 g/mol. The predicted octanol–water partition coefficient (Wildman–Crippen LogP) is 1.31. The molecule has 4 nitrogen and oxygen atoms in total. The first-order valence-electron chi connectivity index (χ1n) is 5.77. The molecule has 0 unspecified atom stereocenters. The Morgan fingerprint density at radius 1 is 1.53 bits per heavy atom. The van der Waals surface area contributed by atoms with Gasteiger partial charge in [-0.25, -0.2) is 8.42 Å². The van der Waals surface area contributed by atoms with Gasteiger partial charge in [-0.15, -0.1) is 11.3 Å². The summed E-state index contributed by atoms with van der Waals surface area (Å²) in [6.45, 7) is 3.04. The van der Waals surface area contributed by atoms with Gasteiger partial charge in [0, 0.05) is 24.6 Å². The lowest BCUT2D eigenvalue weighted by atomic mass is 10.1. The third-order valence-electron chi connectivity index (χ3n) is 3.09. The van der Waals surface area contributed by atoms with Gasteiger partial charge in [0.05, 0.1) is 0 Å². The van der Waals surface area contributed by atoms with Crippen molar-refractivity contribution in [2.45, 2.75) is 24.0 Å². The van der Waals surface area contributed by atoms with Crippen molar-refractivity contribution in [2.24, 2.45) is 5.92 Å². The SMILES string of the molecule is CCc1ccc(S(=O)(=O)N2CC[C@H](CO)C2)s1. The van der Waals surface area contributed by atoms with E-state index in [9.17, 15) is 8.42 Å². The van der Waals surface area contributed by atoms with Crippen LogP contribution in [0, 0.1) is 5.92 Å². The van der Waals surface area contributed by atoms with Gasteiger partial charge < -0.3 is 5.11 Å². The van der Waals surface area contributed by atoms with Gasteiger partial charge in [0.1, 0.15) is 4.21 Å². The second kappa shape index (κ2) is 5.06. The van der Waals surface area contributed by atoms with Gasteiger partial charge in [-0.3, -0.25) is 0 Å². The average Bonchev–Trinajstić information content (AvgIpc) is 2.98. The number of hydrogen-bond donors (Lipinski definition) is 1. The Balaban J connectivity index is 2.19. The van der Waals surface area contributed by atoms with Crippen molar-refractivity contribution in [3.8, 4) is 0 Å². The molecule has 96 valence electrons. The third-order valence-corrected chi connectivity index (χ3v) is 6.65. The number of rotatable bonds is 4. The quantitative estimate of drug-likeness (QED) is 0.901. The number of aliphatic hydroxyl groups excluding tert-OH is 1. The lowest BCUT2D eigenvalue weighted by Crippen LogP contribution is -2.28. The van der Waals surface area contributed by atoms with E-state index in [0.29, 0.717) is 17.3 Å². The van der Waals surface area contributed by atoms with Crippen LogP contribution in [0.1, 0.15) is 18.2 Å². The van der Waals surface area contributed by atoms with Crippen LogP contribution in [-0.4, -0.2) is 37.5 Å². The van der Waals surface area contributed by atoms with Crippen molar-refractivity contribution < 1.29 is 13.5 Å². The highest BCUT2D eigenvalue weighted by molar-refractivity contribution is 7.91. The molecule has 2 heterocycles. The van der Waals surface area contributed by atoms with E-state index in [1.54, 1.807) is 6.07 Å². The highest BCUT2D eigenvalue weighted by Gasteiger charge is 2.32. The monoisotopic (exact) mass is 275 g/mol. The minimum atomic E-state index is -3.33. The maximum absolute atomic E-state index is 12.3. The van der Waals surface area contributed by atoms with Crippen LogP contribution in [0.4, 0.5) is 0 Å². The molecule has 1 N–H and O–H groups in total. The molecular formula is C11H17NO3S2. The van der Waals surface area contributed by atoms with E-state index in [1.807, 2.05) is 13.0 Å². The largest absolute Gasteiger partial charge is 0.396 e. The maximum Gasteiger partial charge on any atom is 0.252 e. The number of aryl methyl sites for hydroxylation is 1. The number of nitrogens with zero attached hydrogens (tertiary/aromatic N) is 1. The molecule has 1 saturated heterocycles. The number of thiophene rings is 1. The van der Waals surface area contributed by atoms with Crippen molar-refractivity contribution in [1.82, 2.24) is 4.31 Å². The number of hydrogen-bond acceptors (Lipinski definition) is 4. The Bertz CT molecular complexity index is 481. The molecule has 1 aliphatic heterocycles. The Hall–Kier alpha value is -0.430. The van der Waals surface area contributed by atoms with Gasteiger partial charge in [-0.2, -0.15) is 4.31 Å². The summed E-state index contributed by atoms with van der Waals surface area (Å²) < 4.78 is 26.5. The van der Waals surface area contributed by atoms with Crippen molar-refractivity contribution in [3.63, 3.8) is 0 Å². The first kappa shape index (κ1) is 13.0. The highest BCUT2D eigenvalue weighted by atomic mass is 32.2. The number of sulfonamides is 1. The third kappa shape index (κ3) is 2.54. The van der Waals surface area contributed by atoms with Crippen LogP contribution in [0.2, 0.25) is 0 Å². The average molecular weight is 275 g/mol. The van der Waals surface area contributed by atoms with Gasteiger partial charge in [0.25, 0.3) is 10.0 Å². The summed E-state index contributed by atoms with van der Waals surface area (Å²) in [7, 11) is -3.33. The fourth-order valence-electron chi connectivity index (χ4n) is 1.98. The molecule has 1 atom stereocenters. The Morgan fingerprint density at radius 3 is 2.82 bits per heavy atom. The van der Waals surface area contributed by atoms with Crippen LogP contribution in [-0.2, 0) is 16.4 Å². The minimum absolute atomic E-state index is 0.0661. The van der Waals surface area contributed by atoms with E-state index in [2.05, 4.69) is 0 Å². The van der Waals surface area contributed by atoms with Crippen molar-refractivity contribution in [1.29, 1.82) is 0 Å². The normalized spacial score (nSPS) is 22.1. The molecule has 17 heavy (non-hydrogen) atoms. The van der Waals surface area contributed by atoms with Gasteiger partial charge >= 0.3 is 0 Å². The van der Waals surface area contributed by atoms with E-state index >= 15 is 0 Å². The second-order valence-electron chi connectivity index (χ2n) is 4.27. The maximum atomic E-state index is 12.3. The first-order valence-corrected chi connectivity index (χ1v) is 8.03. The van der Waals surface area contributed by atoms with Crippen molar-refractivity contribution in [3.05, 3.63) is 17.0 Å². The fraction of sp³-hybridized carbons (Fsp3) is 0.636. The Labute approximate surface area is 106 Å². The zero-order valence-corrected chi connectivity index (χ0v) is 11.4. The van der Waals surface area contributed by atoms with Gasteiger partial charge in [0.2, 0.25) is 0 Å². The molecule has 6 heteroatoms. The lowest BCUT2D eigenvalue weighted by molar-refractivity contribution is 0.233. The summed E-state index contributed by atoms with van der Waals surface area (Å²) in [5, 5.41) is 9.04. The summed E-state index contributed by atoms with van der Waals surface area (Å²) in [6.07, 6.45) is 1.61. The van der Waals surface area contributed by atoms with Crippen LogP contribution in [0.25, 0.3) is 0 Å². The summed E-state index contributed by atoms with van der Waals surface area (Å²) in [6, 6.07) is 3.56. The zero-order chi connectivity index (χ0) is 12.5. The second-order valence-corrected chi connectivity index (χ2v) is 7.61. The fourth-order valence-corrected chi connectivity index (χ4v) is 4.96. The molecule has 1 aliphatic rings. The summed E-state index contributed by atoms with van der Waals surface area (Å²) in [4.78, 5) is 1.08. The van der Waals surface area contributed by atoms with E-state index in [-0.39, 0.29) is 12.5 Å². The van der Waals surface area contributed by atoms with Crippen LogP contribution >= 0.6 is 11.3 Å². The predicted molar refractivity (Wildman–Crippen MR) is 67.6 cm³/mol. The molecule has 0 bridgehead atoms. The van der Waals surface area contributed by atoms with E-state index < -0.39 is 10.0 Å². The van der Waals surface area contributed by atoms with E-state index in [4.69, 9.17) is 5.11 Å². The zero-order valence-electron chi connectivity index (χ0n) is 9.80. The van der Waals surface area contributed by atoms with Crippen LogP contribution in [0.5, 0.6) is 0 Å². The van der Waals surface area contributed by atoms with E-state index in [0.717, 1.165) is 17.7 Å². The summed E-state index contributed by atoms with van der Waals surface area (Å²) >= 11 is 1.34. The van der Waals surface area contributed by atoms with Crippen molar-refractivity contribution in [2.75, 3.05) is 19.7 Å². The molecule has 0 spiro atoms. The summed E-state index contributed by atoms with van der Waals surface area (Å²) in [5.41, 5.74) is 0. The number of aliphatic hydroxyl groups is 1.